The van der Waals surface area contributed by atoms with Crippen molar-refractivity contribution in [3.63, 3.8) is 0 Å². The van der Waals surface area contributed by atoms with Gasteiger partial charge in [0, 0.05) is 17.9 Å². The molecule has 1 unspecified atom stereocenters. The topological polar surface area (TPSA) is 55.6 Å². The minimum atomic E-state index is 0.00845. The lowest BCUT2D eigenvalue weighted by Crippen LogP contribution is -2.32. The summed E-state index contributed by atoms with van der Waals surface area (Å²) in [6, 6.07) is 7.34. The molecule has 1 heterocycles. The minimum absolute atomic E-state index is 0.00845. The number of benzene rings is 1. The van der Waals surface area contributed by atoms with Crippen molar-refractivity contribution in [3.8, 4) is 0 Å². The maximum absolute atomic E-state index is 11.8. The third-order valence-corrected chi connectivity index (χ3v) is 2.76. The molecule has 4 nitrogen and oxygen atoms in total. The number of hydrogen-bond donors (Lipinski definition) is 1. The van der Waals surface area contributed by atoms with E-state index in [9.17, 15) is 4.79 Å². The van der Waals surface area contributed by atoms with E-state index in [1.807, 2.05) is 19.1 Å². The number of nitrogen functional groups attached to an aromatic ring is 1. The number of carbonyl (C=O) groups is 1. The highest BCUT2D eigenvalue weighted by Crippen LogP contribution is 2.19. The van der Waals surface area contributed by atoms with Crippen LogP contribution >= 0.6 is 0 Å². The van der Waals surface area contributed by atoms with Gasteiger partial charge < -0.3 is 15.4 Å². The van der Waals surface area contributed by atoms with Gasteiger partial charge in [0.15, 0.2) is 0 Å². The lowest BCUT2D eigenvalue weighted by molar-refractivity contribution is -0.123. The van der Waals surface area contributed by atoms with Crippen LogP contribution in [0.2, 0.25) is 0 Å². The van der Waals surface area contributed by atoms with Crippen LogP contribution in [0.5, 0.6) is 0 Å². The van der Waals surface area contributed by atoms with Crippen molar-refractivity contribution < 1.29 is 9.53 Å². The summed E-state index contributed by atoms with van der Waals surface area (Å²) in [7, 11) is 0. The Morgan fingerprint density at radius 3 is 2.75 bits per heavy atom. The van der Waals surface area contributed by atoms with Crippen LogP contribution in [0.1, 0.15) is 13.3 Å². The van der Waals surface area contributed by atoms with E-state index in [2.05, 4.69) is 0 Å². The zero-order chi connectivity index (χ0) is 11.5. The summed E-state index contributed by atoms with van der Waals surface area (Å²) in [6.45, 7) is 2.84. The van der Waals surface area contributed by atoms with Gasteiger partial charge in [-0.25, -0.2) is 0 Å². The standard InChI is InChI=1S/C12H16N2O2/c1-9-6-7-14(12(15)8-16-9)11-4-2-10(13)3-5-11/h2-5,9H,6-8,13H2,1H3. The second-order valence-electron chi connectivity index (χ2n) is 4.05. The molecule has 2 rings (SSSR count). The molecule has 86 valence electrons. The predicted octanol–water partition coefficient (Wildman–Crippen LogP) is 1.41. The van der Waals surface area contributed by atoms with Gasteiger partial charge in [0.1, 0.15) is 6.61 Å². The predicted molar refractivity (Wildman–Crippen MR) is 63.2 cm³/mol. The molecule has 1 aromatic carbocycles. The van der Waals surface area contributed by atoms with Crippen LogP contribution < -0.4 is 10.6 Å². The van der Waals surface area contributed by atoms with E-state index >= 15 is 0 Å². The molecule has 1 fully saturated rings. The molecular formula is C12H16N2O2. The van der Waals surface area contributed by atoms with Crippen LogP contribution in [-0.2, 0) is 9.53 Å². The highest BCUT2D eigenvalue weighted by molar-refractivity contribution is 5.94. The van der Waals surface area contributed by atoms with Gasteiger partial charge in [-0.1, -0.05) is 0 Å². The lowest BCUT2D eigenvalue weighted by Gasteiger charge is -2.19. The van der Waals surface area contributed by atoms with Crippen molar-refractivity contribution in [3.05, 3.63) is 24.3 Å². The maximum Gasteiger partial charge on any atom is 0.252 e. The van der Waals surface area contributed by atoms with Gasteiger partial charge in [-0.3, -0.25) is 4.79 Å². The van der Waals surface area contributed by atoms with Crippen molar-refractivity contribution in [1.29, 1.82) is 0 Å². The van der Waals surface area contributed by atoms with Gasteiger partial charge in [-0.2, -0.15) is 0 Å². The molecule has 0 aromatic heterocycles. The van der Waals surface area contributed by atoms with E-state index in [1.165, 1.54) is 0 Å². The molecule has 4 heteroatoms. The molecule has 1 aromatic rings. The average molecular weight is 220 g/mol. The molecule has 2 N–H and O–H groups in total. The Balaban J connectivity index is 2.18. The smallest absolute Gasteiger partial charge is 0.252 e. The largest absolute Gasteiger partial charge is 0.399 e. The Kier molecular flexibility index (Phi) is 3.10. The van der Waals surface area contributed by atoms with Gasteiger partial charge in [0.2, 0.25) is 0 Å². The molecule has 0 saturated carbocycles. The molecule has 1 saturated heterocycles. The minimum Gasteiger partial charge on any atom is -0.399 e. The SMILES string of the molecule is CC1CCN(c2ccc(N)cc2)C(=O)CO1. The van der Waals surface area contributed by atoms with E-state index < -0.39 is 0 Å². The zero-order valence-electron chi connectivity index (χ0n) is 9.35. The molecule has 1 amide bonds. The quantitative estimate of drug-likeness (QED) is 0.728. The first-order valence-corrected chi connectivity index (χ1v) is 5.44. The normalized spacial score (nSPS) is 21.9. The highest BCUT2D eigenvalue weighted by atomic mass is 16.5. The van der Waals surface area contributed by atoms with Crippen LogP contribution in [0, 0.1) is 0 Å². The highest BCUT2D eigenvalue weighted by Gasteiger charge is 2.21. The Bertz CT molecular complexity index is 375. The monoisotopic (exact) mass is 220 g/mol. The number of rotatable bonds is 1. The fourth-order valence-electron chi connectivity index (χ4n) is 1.74. The summed E-state index contributed by atoms with van der Waals surface area (Å²) in [5.74, 6) is 0.00845. The van der Waals surface area contributed by atoms with Gasteiger partial charge in [0.05, 0.1) is 6.10 Å². The first-order valence-electron chi connectivity index (χ1n) is 5.44. The van der Waals surface area contributed by atoms with Gasteiger partial charge >= 0.3 is 0 Å². The second kappa shape index (κ2) is 4.53. The van der Waals surface area contributed by atoms with Crippen molar-refractivity contribution in [2.75, 3.05) is 23.8 Å². The van der Waals surface area contributed by atoms with Gasteiger partial charge in [-0.15, -0.1) is 0 Å². The van der Waals surface area contributed by atoms with E-state index in [4.69, 9.17) is 10.5 Å². The Morgan fingerprint density at radius 1 is 1.38 bits per heavy atom. The zero-order valence-corrected chi connectivity index (χ0v) is 9.35. The molecule has 0 radical (unpaired) electrons. The van der Waals surface area contributed by atoms with E-state index in [0.29, 0.717) is 12.2 Å². The Morgan fingerprint density at radius 2 is 2.06 bits per heavy atom. The Hall–Kier alpha value is -1.55. The lowest BCUT2D eigenvalue weighted by atomic mass is 10.2. The summed E-state index contributed by atoms with van der Waals surface area (Å²) in [5, 5.41) is 0. The molecular weight excluding hydrogens is 204 g/mol. The van der Waals surface area contributed by atoms with Crippen LogP contribution in [0.25, 0.3) is 0 Å². The number of hydrogen-bond acceptors (Lipinski definition) is 3. The number of carbonyl (C=O) groups excluding carboxylic acids is 1. The molecule has 1 aliphatic rings. The number of anilines is 2. The van der Waals surface area contributed by atoms with Gasteiger partial charge in [0.25, 0.3) is 5.91 Å². The van der Waals surface area contributed by atoms with Crippen molar-refractivity contribution >= 4 is 17.3 Å². The number of nitrogens with zero attached hydrogens (tertiary/aromatic N) is 1. The summed E-state index contributed by atoms with van der Waals surface area (Å²) in [5.41, 5.74) is 7.21. The third kappa shape index (κ3) is 2.33. The van der Waals surface area contributed by atoms with Crippen LogP contribution in [0.15, 0.2) is 24.3 Å². The summed E-state index contributed by atoms with van der Waals surface area (Å²) < 4.78 is 5.37. The van der Waals surface area contributed by atoms with Crippen LogP contribution in [-0.4, -0.2) is 25.2 Å². The number of nitrogens with two attached hydrogens (primary N) is 1. The fourth-order valence-corrected chi connectivity index (χ4v) is 1.74. The average Bonchev–Trinajstić information content (AvgIpc) is 2.44. The maximum atomic E-state index is 11.8. The van der Waals surface area contributed by atoms with Crippen molar-refractivity contribution in [1.82, 2.24) is 0 Å². The first kappa shape index (κ1) is 11.0. The fraction of sp³-hybridized carbons (Fsp3) is 0.417. The second-order valence-corrected chi connectivity index (χ2v) is 4.05. The van der Waals surface area contributed by atoms with Crippen LogP contribution in [0.3, 0.4) is 0 Å². The molecule has 1 aliphatic heterocycles. The Labute approximate surface area is 95.0 Å². The summed E-state index contributed by atoms with van der Waals surface area (Å²) in [6.07, 6.45) is 0.999. The number of ether oxygens (including phenoxy) is 1. The van der Waals surface area contributed by atoms with Gasteiger partial charge in [-0.05, 0) is 37.6 Å². The molecule has 16 heavy (non-hydrogen) atoms. The third-order valence-electron chi connectivity index (χ3n) is 2.76. The molecule has 1 atom stereocenters. The van der Waals surface area contributed by atoms with Crippen LogP contribution in [0.4, 0.5) is 11.4 Å². The van der Waals surface area contributed by atoms with Crippen molar-refractivity contribution in [2.45, 2.75) is 19.4 Å². The summed E-state index contributed by atoms with van der Waals surface area (Å²) in [4.78, 5) is 13.6. The van der Waals surface area contributed by atoms with E-state index in [1.54, 1.807) is 17.0 Å². The molecule has 0 bridgehead atoms. The number of amides is 1. The van der Waals surface area contributed by atoms with Crippen molar-refractivity contribution in [2.24, 2.45) is 0 Å². The van der Waals surface area contributed by atoms with E-state index in [-0.39, 0.29) is 18.6 Å². The summed E-state index contributed by atoms with van der Waals surface area (Å²) >= 11 is 0. The van der Waals surface area contributed by atoms with E-state index in [0.717, 1.165) is 12.1 Å². The molecule has 0 spiro atoms. The first-order chi connectivity index (χ1) is 7.66. The molecule has 0 aliphatic carbocycles.